The maximum Gasteiger partial charge on any atom is 0.260 e. The summed E-state index contributed by atoms with van der Waals surface area (Å²) in [5, 5.41) is 11.4. The normalized spacial score (nSPS) is 14.6. The average molecular weight is 426 g/mol. The summed E-state index contributed by atoms with van der Waals surface area (Å²) in [6.07, 6.45) is 0. The lowest BCUT2D eigenvalue weighted by Crippen LogP contribution is -2.44. The van der Waals surface area contributed by atoms with Crippen LogP contribution in [0.1, 0.15) is 10.4 Å². The van der Waals surface area contributed by atoms with Crippen molar-refractivity contribution in [2.24, 2.45) is 0 Å². The van der Waals surface area contributed by atoms with E-state index in [4.69, 9.17) is 11.6 Å². The van der Waals surface area contributed by atoms with E-state index >= 15 is 0 Å². The van der Waals surface area contributed by atoms with E-state index in [2.05, 4.69) is 32.4 Å². The quantitative estimate of drug-likeness (QED) is 0.686. The van der Waals surface area contributed by atoms with Crippen molar-refractivity contribution in [2.75, 3.05) is 43.4 Å². The molecule has 1 N–H and O–H groups in total. The number of halogens is 2. The van der Waals surface area contributed by atoms with E-state index in [0.29, 0.717) is 5.69 Å². The molecule has 0 atom stereocenters. The molecule has 1 aliphatic rings. The van der Waals surface area contributed by atoms with Crippen LogP contribution in [-0.4, -0.2) is 54.2 Å². The van der Waals surface area contributed by atoms with Crippen molar-refractivity contribution in [3.8, 4) is 11.3 Å². The van der Waals surface area contributed by atoms with Gasteiger partial charge in [-0.25, -0.2) is 4.39 Å². The van der Waals surface area contributed by atoms with Crippen molar-refractivity contribution in [1.82, 2.24) is 15.1 Å². The molecule has 1 saturated heterocycles. The third-order valence-electron chi connectivity index (χ3n) is 5.11. The summed E-state index contributed by atoms with van der Waals surface area (Å²) in [4.78, 5) is 16.9. The maximum absolute atomic E-state index is 13.9. The van der Waals surface area contributed by atoms with Gasteiger partial charge in [-0.3, -0.25) is 4.79 Å². The van der Waals surface area contributed by atoms with E-state index < -0.39 is 11.7 Å². The number of amides is 1. The van der Waals surface area contributed by atoms with Crippen LogP contribution in [-0.2, 0) is 0 Å². The standard InChI is InChI=1S/C22H21ClFN5O/c1-28-11-13-29(14-12-28)20-10-9-19(26-27-20)15-5-7-16(8-6-15)25-22(30)21-17(23)3-2-4-18(21)24/h2-10H,11-14H2,1H3,(H,25,30). The highest BCUT2D eigenvalue weighted by Crippen LogP contribution is 2.23. The Morgan fingerprint density at radius 2 is 1.73 bits per heavy atom. The molecule has 1 amide bonds. The molecule has 0 aliphatic carbocycles. The Morgan fingerprint density at radius 3 is 2.37 bits per heavy atom. The first kappa shape index (κ1) is 20.3. The average Bonchev–Trinajstić information content (AvgIpc) is 2.75. The zero-order chi connectivity index (χ0) is 21.1. The number of aromatic nitrogens is 2. The summed E-state index contributed by atoms with van der Waals surface area (Å²) < 4.78 is 13.9. The number of rotatable bonds is 4. The third-order valence-corrected chi connectivity index (χ3v) is 5.42. The maximum atomic E-state index is 13.9. The van der Waals surface area contributed by atoms with Crippen molar-refractivity contribution in [1.29, 1.82) is 0 Å². The summed E-state index contributed by atoms with van der Waals surface area (Å²) in [6, 6.07) is 15.2. The van der Waals surface area contributed by atoms with Gasteiger partial charge < -0.3 is 15.1 Å². The third kappa shape index (κ3) is 4.42. The second-order valence-electron chi connectivity index (χ2n) is 7.20. The summed E-state index contributed by atoms with van der Waals surface area (Å²) in [7, 11) is 2.11. The number of nitrogens with zero attached hydrogens (tertiary/aromatic N) is 4. The predicted molar refractivity (Wildman–Crippen MR) is 117 cm³/mol. The molecule has 0 saturated carbocycles. The Balaban J connectivity index is 1.44. The minimum Gasteiger partial charge on any atom is -0.353 e. The Bertz CT molecular complexity index is 1010. The van der Waals surface area contributed by atoms with Crippen LogP contribution in [0.25, 0.3) is 11.3 Å². The van der Waals surface area contributed by atoms with Crippen molar-refractivity contribution in [3.63, 3.8) is 0 Å². The highest BCUT2D eigenvalue weighted by molar-refractivity contribution is 6.34. The summed E-state index contributed by atoms with van der Waals surface area (Å²) in [5.74, 6) is -0.382. The zero-order valence-corrected chi connectivity index (χ0v) is 17.2. The molecule has 0 radical (unpaired) electrons. The Kier molecular flexibility index (Phi) is 5.92. The van der Waals surface area contributed by atoms with Crippen LogP contribution in [0.5, 0.6) is 0 Å². The predicted octanol–water partition coefficient (Wildman–Crippen LogP) is 3.94. The minimum atomic E-state index is -0.660. The largest absolute Gasteiger partial charge is 0.353 e. The molecule has 1 aromatic heterocycles. The molecule has 4 rings (SSSR count). The van der Waals surface area contributed by atoms with Crippen molar-refractivity contribution >= 4 is 29.0 Å². The molecule has 6 nitrogen and oxygen atoms in total. The smallest absolute Gasteiger partial charge is 0.260 e. The van der Waals surface area contributed by atoms with Crippen LogP contribution in [0.2, 0.25) is 5.02 Å². The first-order chi connectivity index (χ1) is 14.5. The van der Waals surface area contributed by atoms with E-state index in [1.54, 1.807) is 12.1 Å². The number of hydrogen-bond donors (Lipinski definition) is 1. The van der Waals surface area contributed by atoms with Crippen molar-refractivity contribution in [3.05, 3.63) is 71.0 Å². The minimum absolute atomic E-state index is 0.0693. The molecule has 8 heteroatoms. The number of anilines is 2. The Hall–Kier alpha value is -3.03. The van der Waals surface area contributed by atoms with E-state index in [1.807, 2.05) is 24.3 Å². The number of carbonyl (C=O) groups excluding carboxylic acids is 1. The van der Waals surface area contributed by atoms with Crippen LogP contribution in [0.3, 0.4) is 0 Å². The lowest BCUT2D eigenvalue weighted by molar-refractivity contribution is 0.102. The molecule has 30 heavy (non-hydrogen) atoms. The Morgan fingerprint density at radius 1 is 1.00 bits per heavy atom. The number of carbonyl (C=O) groups is 1. The van der Waals surface area contributed by atoms with Crippen molar-refractivity contribution < 1.29 is 9.18 Å². The van der Waals surface area contributed by atoms with Crippen LogP contribution >= 0.6 is 11.6 Å². The lowest BCUT2D eigenvalue weighted by Gasteiger charge is -2.32. The fraction of sp³-hybridized carbons (Fsp3) is 0.227. The number of hydrogen-bond acceptors (Lipinski definition) is 5. The first-order valence-electron chi connectivity index (χ1n) is 9.64. The topological polar surface area (TPSA) is 61.4 Å². The van der Waals surface area contributed by atoms with Gasteiger partial charge in [-0.1, -0.05) is 29.8 Å². The monoisotopic (exact) mass is 425 g/mol. The van der Waals surface area contributed by atoms with E-state index in [9.17, 15) is 9.18 Å². The molecule has 1 fully saturated rings. The van der Waals surface area contributed by atoms with Gasteiger partial charge in [-0.15, -0.1) is 10.2 Å². The van der Waals surface area contributed by atoms with E-state index in [0.717, 1.165) is 43.3 Å². The van der Waals surface area contributed by atoms with Gasteiger partial charge >= 0.3 is 0 Å². The molecule has 0 spiro atoms. The molecule has 2 aromatic carbocycles. The fourth-order valence-electron chi connectivity index (χ4n) is 3.32. The SMILES string of the molecule is CN1CCN(c2ccc(-c3ccc(NC(=O)c4c(F)cccc4Cl)cc3)nn2)CC1. The number of benzene rings is 2. The van der Waals surface area contributed by atoms with Crippen LogP contribution in [0, 0.1) is 5.82 Å². The molecule has 3 aromatic rings. The van der Waals surface area contributed by atoms with Gasteiger partial charge in [0, 0.05) is 37.4 Å². The van der Waals surface area contributed by atoms with Gasteiger partial charge in [0.15, 0.2) is 5.82 Å². The van der Waals surface area contributed by atoms with E-state index in [1.165, 1.54) is 18.2 Å². The molecule has 0 bridgehead atoms. The van der Waals surface area contributed by atoms with Crippen LogP contribution in [0.4, 0.5) is 15.9 Å². The molecule has 154 valence electrons. The summed E-state index contributed by atoms with van der Waals surface area (Å²) >= 11 is 5.95. The summed E-state index contributed by atoms with van der Waals surface area (Å²) in [5.41, 5.74) is 1.97. The van der Waals surface area contributed by atoms with E-state index in [-0.39, 0.29) is 10.6 Å². The lowest BCUT2D eigenvalue weighted by atomic mass is 10.1. The van der Waals surface area contributed by atoms with Crippen molar-refractivity contribution in [2.45, 2.75) is 0 Å². The van der Waals surface area contributed by atoms with Gasteiger partial charge in [-0.2, -0.15) is 0 Å². The molecule has 1 aliphatic heterocycles. The summed E-state index contributed by atoms with van der Waals surface area (Å²) in [6.45, 7) is 3.89. The Labute approximate surface area is 179 Å². The second kappa shape index (κ2) is 8.77. The van der Waals surface area contributed by atoms with Crippen LogP contribution in [0.15, 0.2) is 54.6 Å². The van der Waals surface area contributed by atoms with Crippen LogP contribution < -0.4 is 10.2 Å². The highest BCUT2D eigenvalue weighted by atomic mass is 35.5. The van der Waals surface area contributed by atoms with Gasteiger partial charge in [-0.05, 0) is 43.4 Å². The van der Waals surface area contributed by atoms with Gasteiger partial charge in [0.25, 0.3) is 5.91 Å². The van der Waals surface area contributed by atoms with Gasteiger partial charge in [0.05, 0.1) is 16.3 Å². The zero-order valence-electron chi connectivity index (χ0n) is 16.5. The molecular formula is C22H21ClFN5O. The second-order valence-corrected chi connectivity index (χ2v) is 7.60. The fourth-order valence-corrected chi connectivity index (χ4v) is 3.56. The van der Waals surface area contributed by atoms with Gasteiger partial charge in [0.1, 0.15) is 5.82 Å². The van der Waals surface area contributed by atoms with Gasteiger partial charge in [0.2, 0.25) is 0 Å². The number of likely N-dealkylation sites (N-methyl/N-ethyl adjacent to an activating group) is 1. The number of nitrogens with one attached hydrogen (secondary N) is 1. The number of piperazine rings is 1. The first-order valence-corrected chi connectivity index (χ1v) is 10.0. The highest BCUT2D eigenvalue weighted by Gasteiger charge is 2.17. The molecule has 2 heterocycles. The molecule has 0 unspecified atom stereocenters. The molecular weight excluding hydrogens is 405 g/mol.